The van der Waals surface area contributed by atoms with Crippen molar-refractivity contribution in [1.29, 1.82) is 0 Å². The standard InChI is InChI=1S/C18H25N5O.HI/c1-18(2,3)16-21-15(22-24-16)11-20-17(19-4)23-10-9-13-7-5-6-8-14(13)12-23;/h5-8H,9-12H2,1-4H3,(H,19,20);1H. The van der Waals surface area contributed by atoms with Crippen molar-refractivity contribution in [3.63, 3.8) is 0 Å². The van der Waals surface area contributed by atoms with Gasteiger partial charge < -0.3 is 14.7 Å². The summed E-state index contributed by atoms with van der Waals surface area (Å²) in [5, 5.41) is 7.39. The van der Waals surface area contributed by atoms with Crippen LogP contribution in [0.5, 0.6) is 0 Å². The van der Waals surface area contributed by atoms with E-state index in [0.717, 1.165) is 25.5 Å². The number of halogens is 1. The minimum Gasteiger partial charge on any atom is -0.349 e. The Bertz CT molecular complexity index is 735. The second-order valence-electron chi connectivity index (χ2n) is 7.11. The van der Waals surface area contributed by atoms with Crippen molar-refractivity contribution in [2.24, 2.45) is 4.99 Å². The van der Waals surface area contributed by atoms with Gasteiger partial charge in [-0.2, -0.15) is 4.98 Å². The molecular formula is C18H26IN5O. The Balaban J connectivity index is 0.00000225. The predicted octanol–water partition coefficient (Wildman–Crippen LogP) is 3.12. The number of benzene rings is 1. The largest absolute Gasteiger partial charge is 0.349 e. The van der Waals surface area contributed by atoms with Crippen molar-refractivity contribution < 1.29 is 4.52 Å². The molecule has 136 valence electrons. The lowest BCUT2D eigenvalue weighted by molar-refractivity contribution is 0.317. The molecule has 25 heavy (non-hydrogen) atoms. The molecule has 1 N–H and O–H groups in total. The molecule has 0 saturated heterocycles. The van der Waals surface area contributed by atoms with E-state index >= 15 is 0 Å². The monoisotopic (exact) mass is 455 g/mol. The smallest absolute Gasteiger partial charge is 0.232 e. The van der Waals surface area contributed by atoms with Gasteiger partial charge in [-0.1, -0.05) is 50.2 Å². The molecule has 7 heteroatoms. The molecule has 6 nitrogen and oxygen atoms in total. The highest BCUT2D eigenvalue weighted by Gasteiger charge is 2.22. The number of rotatable bonds is 2. The van der Waals surface area contributed by atoms with Gasteiger partial charge in [-0.3, -0.25) is 4.99 Å². The molecule has 1 aromatic carbocycles. The van der Waals surface area contributed by atoms with Crippen LogP contribution >= 0.6 is 24.0 Å². The number of fused-ring (bicyclic) bond motifs is 1. The zero-order valence-electron chi connectivity index (χ0n) is 15.2. The van der Waals surface area contributed by atoms with Crippen molar-refractivity contribution in [2.45, 2.75) is 45.7 Å². The van der Waals surface area contributed by atoms with Gasteiger partial charge >= 0.3 is 0 Å². The molecule has 1 aliphatic heterocycles. The zero-order valence-corrected chi connectivity index (χ0v) is 17.6. The van der Waals surface area contributed by atoms with Gasteiger partial charge in [-0.05, 0) is 17.5 Å². The van der Waals surface area contributed by atoms with Crippen molar-refractivity contribution in [3.8, 4) is 0 Å². The van der Waals surface area contributed by atoms with Gasteiger partial charge in [0.2, 0.25) is 5.89 Å². The van der Waals surface area contributed by atoms with Gasteiger partial charge in [0.25, 0.3) is 0 Å². The number of aliphatic imine (C=N–C) groups is 1. The molecule has 3 rings (SSSR count). The third-order valence-corrected chi connectivity index (χ3v) is 4.16. The Labute approximate surface area is 166 Å². The van der Waals surface area contributed by atoms with Gasteiger partial charge in [0.05, 0.1) is 6.54 Å². The van der Waals surface area contributed by atoms with E-state index in [0.29, 0.717) is 18.3 Å². The number of hydrogen-bond acceptors (Lipinski definition) is 4. The molecule has 2 heterocycles. The summed E-state index contributed by atoms with van der Waals surface area (Å²) in [5.74, 6) is 2.17. The van der Waals surface area contributed by atoms with Gasteiger partial charge in [0, 0.05) is 25.6 Å². The van der Waals surface area contributed by atoms with Crippen LogP contribution in [0.15, 0.2) is 33.8 Å². The molecule has 0 amide bonds. The van der Waals surface area contributed by atoms with Crippen molar-refractivity contribution in [3.05, 3.63) is 47.1 Å². The molecule has 0 atom stereocenters. The van der Waals surface area contributed by atoms with Crippen LogP contribution in [-0.4, -0.2) is 34.6 Å². The highest BCUT2D eigenvalue weighted by molar-refractivity contribution is 14.0. The Morgan fingerprint density at radius 1 is 1.28 bits per heavy atom. The van der Waals surface area contributed by atoms with E-state index in [1.54, 1.807) is 7.05 Å². The Morgan fingerprint density at radius 3 is 2.64 bits per heavy atom. The van der Waals surface area contributed by atoms with Crippen molar-refractivity contribution in [2.75, 3.05) is 13.6 Å². The summed E-state index contributed by atoms with van der Waals surface area (Å²) in [4.78, 5) is 11.1. The summed E-state index contributed by atoms with van der Waals surface area (Å²) in [7, 11) is 1.81. The zero-order chi connectivity index (χ0) is 17.2. The first kappa shape index (κ1) is 19.7. The van der Waals surface area contributed by atoms with Crippen LogP contribution in [0.4, 0.5) is 0 Å². The third-order valence-electron chi connectivity index (χ3n) is 4.16. The molecule has 0 aliphatic carbocycles. The van der Waals surface area contributed by atoms with Crippen LogP contribution < -0.4 is 5.32 Å². The maximum absolute atomic E-state index is 5.33. The van der Waals surface area contributed by atoms with Crippen molar-refractivity contribution in [1.82, 2.24) is 20.4 Å². The molecule has 1 aliphatic rings. The van der Waals surface area contributed by atoms with Crippen LogP contribution in [0.25, 0.3) is 0 Å². The van der Waals surface area contributed by atoms with Gasteiger partial charge in [-0.25, -0.2) is 0 Å². The van der Waals surface area contributed by atoms with Crippen LogP contribution in [-0.2, 0) is 24.9 Å². The summed E-state index contributed by atoms with van der Waals surface area (Å²) in [6, 6.07) is 8.58. The van der Waals surface area contributed by atoms with E-state index in [2.05, 4.69) is 70.4 Å². The normalized spacial score (nSPS) is 14.7. The minimum atomic E-state index is -0.135. The molecule has 0 bridgehead atoms. The highest BCUT2D eigenvalue weighted by atomic mass is 127. The average molecular weight is 455 g/mol. The number of nitrogens with zero attached hydrogens (tertiary/aromatic N) is 4. The van der Waals surface area contributed by atoms with E-state index in [-0.39, 0.29) is 29.4 Å². The summed E-state index contributed by atoms with van der Waals surface area (Å²) in [6.45, 7) is 8.50. The highest BCUT2D eigenvalue weighted by Crippen LogP contribution is 2.20. The lowest BCUT2D eigenvalue weighted by Crippen LogP contribution is -2.43. The summed E-state index contributed by atoms with van der Waals surface area (Å²) in [6.07, 6.45) is 1.03. The summed E-state index contributed by atoms with van der Waals surface area (Å²) >= 11 is 0. The fourth-order valence-corrected chi connectivity index (χ4v) is 2.80. The van der Waals surface area contributed by atoms with Crippen LogP contribution in [0, 0.1) is 0 Å². The molecule has 1 aromatic heterocycles. The van der Waals surface area contributed by atoms with E-state index in [9.17, 15) is 0 Å². The first-order chi connectivity index (χ1) is 11.5. The first-order valence-electron chi connectivity index (χ1n) is 8.33. The number of guanidine groups is 1. The second kappa shape index (κ2) is 8.16. The molecule has 2 aromatic rings. The van der Waals surface area contributed by atoms with Crippen LogP contribution in [0.1, 0.15) is 43.6 Å². The van der Waals surface area contributed by atoms with E-state index in [4.69, 9.17) is 4.52 Å². The topological polar surface area (TPSA) is 66.5 Å². The molecule has 0 fully saturated rings. The molecule has 0 spiro atoms. The van der Waals surface area contributed by atoms with E-state index < -0.39 is 0 Å². The average Bonchev–Trinajstić information content (AvgIpc) is 3.04. The quantitative estimate of drug-likeness (QED) is 0.428. The fourth-order valence-electron chi connectivity index (χ4n) is 2.80. The second-order valence-corrected chi connectivity index (χ2v) is 7.11. The summed E-state index contributed by atoms with van der Waals surface area (Å²) < 4.78 is 5.33. The third kappa shape index (κ3) is 4.71. The predicted molar refractivity (Wildman–Crippen MR) is 109 cm³/mol. The molecule has 0 radical (unpaired) electrons. The minimum absolute atomic E-state index is 0. The Kier molecular flexibility index (Phi) is 6.42. The molecule has 0 saturated carbocycles. The lowest BCUT2D eigenvalue weighted by atomic mass is 9.97. The Morgan fingerprint density at radius 2 is 2.00 bits per heavy atom. The van der Waals surface area contributed by atoms with E-state index in [1.807, 2.05) is 0 Å². The molecular weight excluding hydrogens is 429 g/mol. The maximum Gasteiger partial charge on any atom is 0.232 e. The fraction of sp³-hybridized carbons (Fsp3) is 0.500. The summed E-state index contributed by atoms with van der Waals surface area (Å²) in [5.41, 5.74) is 2.65. The number of aromatic nitrogens is 2. The Hall–Kier alpha value is -1.64. The van der Waals surface area contributed by atoms with E-state index in [1.165, 1.54) is 11.1 Å². The SMILES string of the molecule is CN=C(NCc1noc(C(C)(C)C)n1)N1CCc2ccccc2C1.I. The van der Waals surface area contributed by atoms with Crippen LogP contribution in [0.2, 0.25) is 0 Å². The lowest BCUT2D eigenvalue weighted by Gasteiger charge is -2.31. The van der Waals surface area contributed by atoms with Gasteiger partial charge in [0.1, 0.15) is 0 Å². The first-order valence-corrected chi connectivity index (χ1v) is 8.33. The van der Waals surface area contributed by atoms with Gasteiger partial charge in [0.15, 0.2) is 11.8 Å². The van der Waals surface area contributed by atoms with Crippen LogP contribution in [0.3, 0.4) is 0 Å². The maximum atomic E-state index is 5.33. The number of hydrogen-bond donors (Lipinski definition) is 1. The number of nitrogens with one attached hydrogen (secondary N) is 1. The van der Waals surface area contributed by atoms with Gasteiger partial charge in [-0.15, -0.1) is 24.0 Å². The molecule has 0 unspecified atom stereocenters. The van der Waals surface area contributed by atoms with Crippen molar-refractivity contribution >= 4 is 29.9 Å².